The molecule has 0 spiro atoms. The Labute approximate surface area is 105 Å². The standard InChI is InChI=1S/C13H17N3O2/c1-17-9-2-3-11-10(8-9)13(16-15-11)12-4-6-18-7-5-14-12/h2-3,8,12,14H,4-7H2,1H3,(H,15,16). The van der Waals surface area contributed by atoms with Crippen molar-refractivity contribution in [2.45, 2.75) is 12.5 Å². The lowest BCUT2D eigenvalue weighted by molar-refractivity contribution is 0.150. The van der Waals surface area contributed by atoms with Crippen LogP contribution in [0.3, 0.4) is 0 Å². The first-order valence-corrected chi connectivity index (χ1v) is 6.21. The highest BCUT2D eigenvalue weighted by Crippen LogP contribution is 2.27. The lowest BCUT2D eigenvalue weighted by Crippen LogP contribution is -2.22. The summed E-state index contributed by atoms with van der Waals surface area (Å²) in [5, 5.41) is 12.1. The first kappa shape index (κ1) is 11.5. The van der Waals surface area contributed by atoms with Crippen LogP contribution < -0.4 is 10.1 Å². The predicted octanol–water partition coefficient (Wildman–Crippen LogP) is 1.62. The Morgan fingerprint density at radius 3 is 3.22 bits per heavy atom. The van der Waals surface area contributed by atoms with E-state index in [-0.39, 0.29) is 6.04 Å². The molecule has 1 saturated heterocycles. The molecule has 1 aliphatic heterocycles. The number of hydrogen-bond donors (Lipinski definition) is 2. The fourth-order valence-corrected chi connectivity index (χ4v) is 2.36. The van der Waals surface area contributed by atoms with Crippen LogP contribution in [-0.2, 0) is 4.74 Å². The molecule has 1 aliphatic rings. The molecule has 1 aromatic carbocycles. The summed E-state index contributed by atoms with van der Waals surface area (Å²) in [5.41, 5.74) is 2.09. The van der Waals surface area contributed by atoms with Crippen molar-refractivity contribution in [1.29, 1.82) is 0 Å². The maximum Gasteiger partial charge on any atom is 0.119 e. The predicted molar refractivity (Wildman–Crippen MR) is 68.8 cm³/mol. The van der Waals surface area contributed by atoms with E-state index in [9.17, 15) is 0 Å². The number of rotatable bonds is 2. The van der Waals surface area contributed by atoms with Gasteiger partial charge in [-0.15, -0.1) is 0 Å². The molecule has 0 amide bonds. The van der Waals surface area contributed by atoms with Gasteiger partial charge in [0.1, 0.15) is 5.75 Å². The van der Waals surface area contributed by atoms with Gasteiger partial charge in [-0.25, -0.2) is 0 Å². The fraction of sp³-hybridized carbons (Fsp3) is 0.462. The van der Waals surface area contributed by atoms with Gasteiger partial charge in [0.25, 0.3) is 0 Å². The lowest BCUT2D eigenvalue weighted by atomic mass is 10.1. The van der Waals surface area contributed by atoms with E-state index in [1.807, 2.05) is 18.2 Å². The smallest absolute Gasteiger partial charge is 0.119 e. The Morgan fingerprint density at radius 2 is 2.33 bits per heavy atom. The molecular formula is C13H17N3O2. The molecule has 0 radical (unpaired) electrons. The number of methoxy groups -OCH3 is 1. The number of nitrogens with zero attached hydrogens (tertiary/aromatic N) is 1. The molecule has 96 valence electrons. The normalized spacial score (nSPS) is 20.8. The highest BCUT2D eigenvalue weighted by molar-refractivity contribution is 5.83. The maximum absolute atomic E-state index is 5.46. The van der Waals surface area contributed by atoms with Crippen LogP contribution in [-0.4, -0.2) is 37.1 Å². The van der Waals surface area contributed by atoms with E-state index < -0.39 is 0 Å². The van der Waals surface area contributed by atoms with Gasteiger partial charge in [0.2, 0.25) is 0 Å². The van der Waals surface area contributed by atoms with Crippen molar-refractivity contribution >= 4 is 10.9 Å². The van der Waals surface area contributed by atoms with Crippen LogP contribution >= 0.6 is 0 Å². The van der Waals surface area contributed by atoms with Crippen molar-refractivity contribution in [3.8, 4) is 5.75 Å². The van der Waals surface area contributed by atoms with Crippen molar-refractivity contribution < 1.29 is 9.47 Å². The summed E-state index contributed by atoms with van der Waals surface area (Å²) in [6.07, 6.45) is 0.953. The summed E-state index contributed by atoms with van der Waals surface area (Å²) in [4.78, 5) is 0. The van der Waals surface area contributed by atoms with Gasteiger partial charge in [-0.2, -0.15) is 5.10 Å². The van der Waals surface area contributed by atoms with Gasteiger partial charge in [-0.3, -0.25) is 5.10 Å². The molecule has 3 rings (SSSR count). The highest BCUT2D eigenvalue weighted by atomic mass is 16.5. The van der Waals surface area contributed by atoms with Crippen LogP contribution in [0.25, 0.3) is 10.9 Å². The van der Waals surface area contributed by atoms with E-state index in [0.717, 1.165) is 48.5 Å². The highest BCUT2D eigenvalue weighted by Gasteiger charge is 2.18. The second-order valence-electron chi connectivity index (χ2n) is 4.43. The number of ether oxygens (including phenoxy) is 2. The third-order valence-electron chi connectivity index (χ3n) is 3.33. The average Bonchev–Trinajstić information content (AvgIpc) is 2.64. The van der Waals surface area contributed by atoms with Crippen molar-refractivity contribution in [1.82, 2.24) is 15.5 Å². The van der Waals surface area contributed by atoms with E-state index in [1.54, 1.807) is 7.11 Å². The Kier molecular flexibility index (Phi) is 3.17. The molecule has 2 heterocycles. The third kappa shape index (κ3) is 2.07. The Balaban J connectivity index is 1.99. The van der Waals surface area contributed by atoms with E-state index in [0.29, 0.717) is 0 Å². The number of nitrogens with one attached hydrogen (secondary N) is 2. The molecule has 5 nitrogen and oxygen atoms in total. The number of H-pyrrole nitrogens is 1. The molecule has 0 bridgehead atoms. The van der Waals surface area contributed by atoms with Crippen LogP contribution in [0.4, 0.5) is 0 Å². The summed E-state index contributed by atoms with van der Waals surface area (Å²) >= 11 is 0. The van der Waals surface area contributed by atoms with Gasteiger partial charge in [-0.1, -0.05) is 0 Å². The Morgan fingerprint density at radius 1 is 1.39 bits per heavy atom. The summed E-state index contributed by atoms with van der Waals surface area (Å²) in [6, 6.07) is 6.20. The zero-order chi connectivity index (χ0) is 12.4. The zero-order valence-electron chi connectivity index (χ0n) is 10.4. The first-order chi connectivity index (χ1) is 8.88. The van der Waals surface area contributed by atoms with E-state index in [4.69, 9.17) is 9.47 Å². The topological polar surface area (TPSA) is 59.2 Å². The molecule has 1 unspecified atom stereocenters. The number of aromatic nitrogens is 2. The quantitative estimate of drug-likeness (QED) is 0.846. The number of aromatic amines is 1. The van der Waals surface area contributed by atoms with Gasteiger partial charge in [0, 0.05) is 18.5 Å². The molecule has 0 saturated carbocycles. The molecule has 0 aliphatic carbocycles. The monoisotopic (exact) mass is 247 g/mol. The van der Waals surface area contributed by atoms with Gasteiger partial charge in [0.15, 0.2) is 0 Å². The molecular weight excluding hydrogens is 230 g/mol. The van der Waals surface area contributed by atoms with Crippen molar-refractivity contribution in [2.75, 3.05) is 26.9 Å². The molecule has 2 N–H and O–H groups in total. The summed E-state index contributed by atoms with van der Waals surface area (Å²) in [6.45, 7) is 2.42. The maximum atomic E-state index is 5.46. The van der Waals surface area contributed by atoms with Gasteiger partial charge >= 0.3 is 0 Å². The van der Waals surface area contributed by atoms with Gasteiger partial charge in [0.05, 0.1) is 31.0 Å². The molecule has 1 atom stereocenters. The number of fused-ring (bicyclic) bond motifs is 1. The van der Waals surface area contributed by atoms with Crippen LogP contribution in [0, 0.1) is 0 Å². The fourth-order valence-electron chi connectivity index (χ4n) is 2.36. The molecule has 18 heavy (non-hydrogen) atoms. The van der Waals surface area contributed by atoms with Crippen LogP contribution in [0.2, 0.25) is 0 Å². The van der Waals surface area contributed by atoms with Crippen molar-refractivity contribution in [2.24, 2.45) is 0 Å². The van der Waals surface area contributed by atoms with Crippen LogP contribution in [0.1, 0.15) is 18.2 Å². The van der Waals surface area contributed by atoms with Crippen molar-refractivity contribution in [3.05, 3.63) is 23.9 Å². The largest absolute Gasteiger partial charge is 0.497 e. The van der Waals surface area contributed by atoms with Gasteiger partial charge in [-0.05, 0) is 24.6 Å². The molecule has 2 aromatic rings. The molecule has 1 fully saturated rings. The van der Waals surface area contributed by atoms with E-state index in [1.165, 1.54) is 0 Å². The zero-order valence-corrected chi connectivity index (χ0v) is 10.4. The molecule has 1 aromatic heterocycles. The minimum Gasteiger partial charge on any atom is -0.497 e. The number of hydrogen-bond acceptors (Lipinski definition) is 4. The van der Waals surface area contributed by atoms with E-state index in [2.05, 4.69) is 15.5 Å². The third-order valence-corrected chi connectivity index (χ3v) is 3.33. The van der Waals surface area contributed by atoms with Crippen molar-refractivity contribution in [3.63, 3.8) is 0 Å². The lowest BCUT2D eigenvalue weighted by Gasteiger charge is -2.13. The summed E-state index contributed by atoms with van der Waals surface area (Å²) < 4.78 is 10.7. The average molecular weight is 247 g/mol. The van der Waals surface area contributed by atoms with Crippen LogP contribution in [0.5, 0.6) is 5.75 Å². The SMILES string of the molecule is COc1ccc2n[nH]c(C3CCOCCN3)c2c1. The van der Waals surface area contributed by atoms with E-state index >= 15 is 0 Å². The second kappa shape index (κ2) is 4.96. The second-order valence-corrected chi connectivity index (χ2v) is 4.43. The Bertz CT molecular complexity index is 530. The number of benzene rings is 1. The summed E-state index contributed by atoms with van der Waals surface area (Å²) in [7, 11) is 1.68. The Hall–Kier alpha value is -1.59. The minimum absolute atomic E-state index is 0.268. The van der Waals surface area contributed by atoms with Crippen LogP contribution in [0.15, 0.2) is 18.2 Å². The molecule has 5 heteroatoms. The first-order valence-electron chi connectivity index (χ1n) is 6.21. The minimum atomic E-state index is 0.268. The van der Waals surface area contributed by atoms with Gasteiger partial charge < -0.3 is 14.8 Å². The summed E-state index contributed by atoms with van der Waals surface area (Å²) in [5.74, 6) is 0.857.